The third-order valence-corrected chi connectivity index (χ3v) is 4.60. The highest BCUT2D eigenvalue weighted by Gasteiger charge is 2.32. The van der Waals surface area contributed by atoms with Crippen LogP contribution in [0.4, 0.5) is 4.39 Å². The Hall–Kier alpha value is -0.930. The van der Waals surface area contributed by atoms with Crippen molar-refractivity contribution in [1.29, 1.82) is 0 Å². The summed E-state index contributed by atoms with van der Waals surface area (Å²) in [6.07, 6.45) is 4.74. The van der Waals surface area contributed by atoms with Crippen molar-refractivity contribution in [2.45, 2.75) is 52.5 Å². The van der Waals surface area contributed by atoms with Crippen LogP contribution in [-0.2, 0) is 0 Å². The van der Waals surface area contributed by atoms with E-state index in [4.69, 9.17) is 5.84 Å². The molecule has 0 radical (unpaired) electrons. The number of aryl methyl sites for hydroxylation is 2. The lowest BCUT2D eigenvalue weighted by atomic mass is 9.87. The van der Waals surface area contributed by atoms with Crippen LogP contribution in [0, 0.1) is 31.5 Å². The van der Waals surface area contributed by atoms with Crippen molar-refractivity contribution >= 4 is 0 Å². The minimum atomic E-state index is -0.125. The molecule has 1 saturated carbocycles. The van der Waals surface area contributed by atoms with Gasteiger partial charge in [0.05, 0.1) is 6.04 Å². The Labute approximate surface area is 115 Å². The molecular weight excluding hydrogens is 239 g/mol. The Morgan fingerprint density at radius 2 is 2.11 bits per heavy atom. The molecule has 19 heavy (non-hydrogen) atoms. The van der Waals surface area contributed by atoms with Crippen molar-refractivity contribution in [3.63, 3.8) is 0 Å². The maximum atomic E-state index is 14.3. The molecule has 0 aliphatic heterocycles. The second-order valence-electron chi connectivity index (χ2n) is 5.97. The third kappa shape index (κ3) is 2.98. The van der Waals surface area contributed by atoms with Crippen LogP contribution in [0.5, 0.6) is 0 Å². The molecule has 0 bridgehead atoms. The number of hydrazine groups is 1. The summed E-state index contributed by atoms with van der Waals surface area (Å²) in [5, 5.41) is 0. The zero-order valence-electron chi connectivity index (χ0n) is 12.2. The van der Waals surface area contributed by atoms with Crippen LogP contribution >= 0.6 is 0 Å². The number of nitrogens with two attached hydrogens (primary N) is 1. The van der Waals surface area contributed by atoms with Gasteiger partial charge in [-0.3, -0.25) is 11.3 Å². The summed E-state index contributed by atoms with van der Waals surface area (Å²) < 4.78 is 14.3. The lowest BCUT2D eigenvalue weighted by Gasteiger charge is -2.25. The highest BCUT2D eigenvalue weighted by Crippen LogP contribution is 2.41. The monoisotopic (exact) mass is 264 g/mol. The van der Waals surface area contributed by atoms with E-state index in [2.05, 4.69) is 12.3 Å². The molecule has 1 aromatic carbocycles. The highest BCUT2D eigenvalue weighted by atomic mass is 19.1. The molecule has 0 aromatic heterocycles. The topological polar surface area (TPSA) is 38.0 Å². The fourth-order valence-electron chi connectivity index (χ4n) is 3.56. The van der Waals surface area contributed by atoms with Gasteiger partial charge in [0.15, 0.2) is 0 Å². The normalized spacial score (nSPS) is 24.7. The average molecular weight is 264 g/mol. The van der Waals surface area contributed by atoms with Gasteiger partial charge in [0.2, 0.25) is 0 Å². The molecule has 1 fully saturated rings. The maximum absolute atomic E-state index is 14.3. The van der Waals surface area contributed by atoms with Crippen molar-refractivity contribution in [2.75, 3.05) is 0 Å². The minimum absolute atomic E-state index is 0.0582. The summed E-state index contributed by atoms with van der Waals surface area (Å²) >= 11 is 0. The van der Waals surface area contributed by atoms with Crippen molar-refractivity contribution in [1.82, 2.24) is 5.43 Å². The van der Waals surface area contributed by atoms with Crippen molar-refractivity contribution in [3.8, 4) is 0 Å². The van der Waals surface area contributed by atoms with Gasteiger partial charge in [-0.2, -0.15) is 0 Å². The van der Waals surface area contributed by atoms with E-state index in [0.29, 0.717) is 5.92 Å². The zero-order chi connectivity index (χ0) is 14.0. The van der Waals surface area contributed by atoms with Gasteiger partial charge in [-0.05, 0) is 55.7 Å². The summed E-state index contributed by atoms with van der Waals surface area (Å²) in [5.74, 6) is 6.83. The summed E-state index contributed by atoms with van der Waals surface area (Å²) in [6.45, 7) is 6.13. The molecule has 3 heteroatoms. The van der Waals surface area contributed by atoms with Gasteiger partial charge in [0.1, 0.15) is 5.82 Å². The van der Waals surface area contributed by atoms with E-state index in [9.17, 15) is 4.39 Å². The average Bonchev–Trinajstić information content (AvgIpc) is 2.81. The first-order valence-corrected chi connectivity index (χ1v) is 7.29. The van der Waals surface area contributed by atoms with Crippen LogP contribution in [0.2, 0.25) is 0 Å². The molecule has 106 valence electrons. The first-order valence-electron chi connectivity index (χ1n) is 7.29. The number of hydrogen-bond acceptors (Lipinski definition) is 2. The minimum Gasteiger partial charge on any atom is -0.271 e. The van der Waals surface area contributed by atoms with Crippen LogP contribution < -0.4 is 11.3 Å². The fraction of sp³-hybridized carbons (Fsp3) is 0.625. The first kappa shape index (κ1) is 14.5. The Balaban J connectivity index is 2.28. The second-order valence-corrected chi connectivity index (χ2v) is 5.97. The van der Waals surface area contributed by atoms with Crippen LogP contribution in [-0.4, -0.2) is 0 Å². The van der Waals surface area contributed by atoms with E-state index < -0.39 is 0 Å². The quantitative estimate of drug-likeness (QED) is 0.641. The summed E-state index contributed by atoms with van der Waals surface area (Å²) in [6, 6.07) is 3.59. The van der Waals surface area contributed by atoms with Crippen LogP contribution in [0.3, 0.4) is 0 Å². The van der Waals surface area contributed by atoms with Gasteiger partial charge in [-0.1, -0.05) is 25.8 Å². The molecule has 1 aliphatic rings. The predicted octanol–water partition coefficient (Wildman–Crippen LogP) is 3.77. The van der Waals surface area contributed by atoms with Gasteiger partial charge in [0.25, 0.3) is 0 Å². The van der Waals surface area contributed by atoms with Crippen LogP contribution in [0.15, 0.2) is 12.1 Å². The van der Waals surface area contributed by atoms with Crippen LogP contribution in [0.25, 0.3) is 0 Å². The van der Waals surface area contributed by atoms with E-state index in [-0.39, 0.29) is 11.9 Å². The molecule has 0 spiro atoms. The smallest absolute Gasteiger partial charge is 0.128 e. The SMILES string of the molecule is CCC1CCC(C(NN)c2c(C)cc(C)cc2F)C1. The van der Waals surface area contributed by atoms with Gasteiger partial charge >= 0.3 is 0 Å². The van der Waals surface area contributed by atoms with E-state index in [0.717, 1.165) is 35.4 Å². The molecule has 3 unspecified atom stereocenters. The van der Waals surface area contributed by atoms with E-state index in [1.165, 1.54) is 12.8 Å². The molecule has 0 saturated heterocycles. The second kappa shape index (κ2) is 6.02. The summed E-state index contributed by atoms with van der Waals surface area (Å²) in [4.78, 5) is 0. The Morgan fingerprint density at radius 3 is 2.63 bits per heavy atom. The Kier molecular flexibility index (Phi) is 4.58. The molecule has 1 aromatic rings. The lowest BCUT2D eigenvalue weighted by molar-refractivity contribution is 0.347. The molecule has 0 amide bonds. The van der Waals surface area contributed by atoms with Crippen molar-refractivity contribution in [3.05, 3.63) is 34.6 Å². The van der Waals surface area contributed by atoms with E-state index in [1.54, 1.807) is 6.07 Å². The Morgan fingerprint density at radius 1 is 1.37 bits per heavy atom. The van der Waals surface area contributed by atoms with Gasteiger partial charge in [0, 0.05) is 5.56 Å². The van der Waals surface area contributed by atoms with Crippen molar-refractivity contribution < 1.29 is 4.39 Å². The van der Waals surface area contributed by atoms with Gasteiger partial charge < -0.3 is 0 Å². The zero-order valence-corrected chi connectivity index (χ0v) is 12.2. The fourth-order valence-corrected chi connectivity index (χ4v) is 3.56. The molecule has 2 nitrogen and oxygen atoms in total. The maximum Gasteiger partial charge on any atom is 0.128 e. The third-order valence-electron chi connectivity index (χ3n) is 4.60. The van der Waals surface area contributed by atoms with Crippen LogP contribution in [0.1, 0.15) is 55.3 Å². The molecule has 2 rings (SSSR count). The largest absolute Gasteiger partial charge is 0.271 e. The number of nitrogens with one attached hydrogen (secondary N) is 1. The standard InChI is InChI=1S/C16H25FN2/c1-4-12-5-6-13(9-12)16(19-18)15-11(3)7-10(2)8-14(15)17/h7-8,12-13,16,19H,4-6,9,18H2,1-3H3. The number of rotatable bonds is 4. The lowest BCUT2D eigenvalue weighted by Crippen LogP contribution is -2.34. The van der Waals surface area contributed by atoms with Gasteiger partial charge in [-0.25, -0.2) is 4.39 Å². The highest BCUT2D eigenvalue weighted by molar-refractivity contribution is 5.34. The first-order chi connectivity index (χ1) is 9.06. The molecule has 0 heterocycles. The van der Waals surface area contributed by atoms with E-state index in [1.807, 2.05) is 19.9 Å². The van der Waals surface area contributed by atoms with E-state index >= 15 is 0 Å². The molecule has 1 aliphatic carbocycles. The van der Waals surface area contributed by atoms with Crippen molar-refractivity contribution in [2.24, 2.45) is 17.7 Å². The number of hydrogen-bond donors (Lipinski definition) is 2. The molecule has 3 atom stereocenters. The van der Waals surface area contributed by atoms with Gasteiger partial charge in [-0.15, -0.1) is 0 Å². The summed E-state index contributed by atoms with van der Waals surface area (Å²) in [7, 11) is 0. The Bertz CT molecular complexity index is 421. The molecule has 3 N–H and O–H groups in total. The predicted molar refractivity (Wildman–Crippen MR) is 77.1 cm³/mol. The number of benzene rings is 1. The number of halogens is 1. The molecular formula is C16H25FN2. The summed E-state index contributed by atoms with van der Waals surface area (Å²) in [5.41, 5.74) is 5.59.